The Morgan fingerprint density at radius 2 is 0.579 bits per heavy atom. The molecule has 28 nitrogen and oxygen atoms in total. The van der Waals surface area contributed by atoms with E-state index in [1.54, 1.807) is 0 Å². The largest absolute Gasteiger partial charge is 1.00 e. The number of aliphatic hydroxyl groups excluding tert-OH is 1. The van der Waals surface area contributed by atoms with Gasteiger partial charge in [-0.15, -0.1) is 11.6 Å². The second-order valence-electron chi connectivity index (χ2n) is 23.2. The maximum Gasteiger partial charge on any atom is 1.00 e. The molecule has 8 rings (SSSR count). The molecule has 0 saturated carbocycles. The molecule has 41 heteroatoms. The maximum absolute atomic E-state index is 11.0. The van der Waals surface area contributed by atoms with Gasteiger partial charge in [-0.25, -0.2) is 68.3 Å². The summed E-state index contributed by atoms with van der Waals surface area (Å²) in [6.45, 7) is 4.31. The van der Waals surface area contributed by atoms with E-state index in [0.29, 0.717) is 70.2 Å². The van der Waals surface area contributed by atoms with E-state index in [9.17, 15) is 72.2 Å². The predicted molar refractivity (Wildman–Crippen MR) is 453 cm³/mol. The minimum Gasteiger partial charge on any atom is -0.748 e. The van der Waals surface area contributed by atoms with Gasteiger partial charge < -0.3 is 53.5 Å². The summed E-state index contributed by atoms with van der Waals surface area (Å²) in [5.74, 6) is 4.51. The van der Waals surface area contributed by atoms with Crippen LogP contribution >= 0.6 is 33.0 Å². The number of sulfone groups is 4. The van der Waals surface area contributed by atoms with Gasteiger partial charge in [0.2, 0.25) is 19.2 Å². The number of ether oxygens (including phenoxy) is 7. The van der Waals surface area contributed by atoms with Crippen molar-refractivity contribution in [3.05, 3.63) is 251 Å². The molecule has 0 spiro atoms. The van der Waals surface area contributed by atoms with Crippen LogP contribution in [0.4, 0.5) is 0 Å². The average molecular weight is 1850 g/mol. The van der Waals surface area contributed by atoms with Crippen LogP contribution in [0.2, 0.25) is 0 Å². The average Bonchev–Trinajstić information content (AvgIpc) is 0.910. The first kappa shape index (κ1) is 118. The van der Waals surface area contributed by atoms with Crippen LogP contribution in [0.25, 0.3) is 0 Å². The molecule has 0 aromatic heterocycles. The van der Waals surface area contributed by atoms with Crippen molar-refractivity contribution in [2.45, 2.75) is 52.9 Å². The SMILES string of the molecule is C.C=S1(=O)CCOCC1.CS(=O)(=O)CCOCc1ccccc1.CS(=O)(=O)CCOCc1ccccc1.CS(=O)(=O)CCOCc1ccccc1.CS(=O)(=O)CCOCc1ccccc1.ClCc1ccccc1.N.NS(=O)(=O)CCO.O=S(=O)([O-])CCOCc1ccccc1.O=S(=O)([O-])CCOCc1ccccc1.O=S(Cl)Cl.[Na+]. The molecular formula is C73H109Cl3N2NaO26S9-. The number of alkyl halides is 1. The van der Waals surface area contributed by atoms with Gasteiger partial charge in [0.05, 0.1) is 160 Å². The summed E-state index contributed by atoms with van der Waals surface area (Å²) in [6, 6.07) is 67.3. The predicted octanol–water partition coefficient (Wildman–Crippen LogP) is 5.76. The number of rotatable bonds is 33. The fourth-order valence-electron chi connectivity index (χ4n) is 7.07. The van der Waals surface area contributed by atoms with E-state index >= 15 is 0 Å². The Labute approximate surface area is 716 Å². The summed E-state index contributed by atoms with van der Waals surface area (Å²) in [4.78, 5) is 0. The Balaban J connectivity index is -0.000000390. The van der Waals surface area contributed by atoms with Crippen molar-refractivity contribution in [3.8, 4) is 0 Å². The van der Waals surface area contributed by atoms with Crippen LogP contribution in [0.5, 0.6) is 0 Å². The molecule has 644 valence electrons. The van der Waals surface area contributed by atoms with Gasteiger partial charge in [0.15, 0.2) is 0 Å². The molecule has 114 heavy (non-hydrogen) atoms. The number of halogens is 3. The number of hydrogen-bond donors (Lipinski definition) is 3. The van der Waals surface area contributed by atoms with Crippen LogP contribution in [0.3, 0.4) is 0 Å². The van der Waals surface area contributed by atoms with E-state index in [1.165, 1.54) is 30.6 Å². The molecule has 7 aromatic carbocycles. The van der Waals surface area contributed by atoms with Crippen LogP contribution in [0, 0.1) is 0 Å². The van der Waals surface area contributed by atoms with Crippen molar-refractivity contribution in [2.75, 3.05) is 136 Å². The topological polar surface area (TPSA) is 465 Å². The van der Waals surface area contributed by atoms with Crippen molar-refractivity contribution in [1.29, 1.82) is 0 Å². The monoisotopic (exact) mass is 1850 g/mol. The van der Waals surface area contributed by atoms with Crippen molar-refractivity contribution >= 4 is 127 Å². The normalized spacial score (nSPS) is 12.1. The molecule has 1 heterocycles. The Kier molecular flexibility index (Phi) is 72.2. The van der Waals surface area contributed by atoms with Crippen LogP contribution in [0.1, 0.15) is 46.4 Å². The zero-order valence-electron chi connectivity index (χ0n) is 63.8. The fourth-order valence-corrected chi connectivity index (χ4v) is 10.9. The van der Waals surface area contributed by atoms with Gasteiger partial charge in [0.1, 0.15) is 39.3 Å². The summed E-state index contributed by atoms with van der Waals surface area (Å²) in [6.07, 6.45) is 4.83. The van der Waals surface area contributed by atoms with Crippen LogP contribution in [0.15, 0.2) is 212 Å². The van der Waals surface area contributed by atoms with Crippen molar-refractivity contribution in [2.24, 2.45) is 5.14 Å². The van der Waals surface area contributed by atoms with Crippen LogP contribution in [-0.2, 0) is 167 Å². The third kappa shape index (κ3) is 91.6. The first-order valence-corrected chi connectivity index (χ1v) is 51.6. The maximum atomic E-state index is 11.0. The number of benzene rings is 7. The van der Waals surface area contributed by atoms with Gasteiger partial charge in [-0.1, -0.05) is 220 Å². The van der Waals surface area contributed by atoms with Gasteiger partial charge in [-0.05, 0) is 54.3 Å². The first-order valence-electron chi connectivity index (χ1n) is 33.0. The van der Waals surface area contributed by atoms with Crippen molar-refractivity contribution in [3.63, 3.8) is 0 Å². The molecule has 0 aliphatic carbocycles. The van der Waals surface area contributed by atoms with Crippen LogP contribution < -0.4 is 40.8 Å². The van der Waals surface area contributed by atoms with Gasteiger partial charge in [0, 0.05) is 63.8 Å². The summed E-state index contributed by atoms with van der Waals surface area (Å²) in [5, 5.41) is 12.4. The number of aliphatic hydroxyl groups is 1. The van der Waals surface area contributed by atoms with Crippen molar-refractivity contribution in [1.82, 2.24) is 6.15 Å². The van der Waals surface area contributed by atoms with E-state index in [0.717, 1.165) is 33.4 Å². The summed E-state index contributed by atoms with van der Waals surface area (Å²) in [7, 11) is -17.7. The van der Waals surface area contributed by atoms with Crippen molar-refractivity contribution < 1.29 is 144 Å². The van der Waals surface area contributed by atoms with Gasteiger partial charge in [-0.2, -0.15) is 0 Å². The Morgan fingerprint density at radius 3 is 0.693 bits per heavy atom. The number of sulfonamides is 1. The van der Waals surface area contributed by atoms with E-state index in [-0.39, 0.29) is 112 Å². The van der Waals surface area contributed by atoms with Crippen LogP contribution in [-0.4, -0.2) is 224 Å². The molecule has 0 unspecified atom stereocenters. The molecule has 6 N–H and O–H groups in total. The zero-order chi connectivity index (χ0) is 84.0. The molecule has 7 aromatic rings. The molecule has 0 radical (unpaired) electrons. The van der Waals surface area contributed by atoms with E-state index in [2.05, 4.69) is 32.4 Å². The number of primary sulfonamides is 1. The number of hydrogen-bond acceptors (Lipinski definition) is 27. The Hall–Kier alpha value is -4.25. The Bertz CT molecular complexity index is 3890. The minimum atomic E-state index is -4.15. The second kappa shape index (κ2) is 69.5. The molecule has 0 atom stereocenters. The standard InChI is InChI=1S/4C10H14O3S.2C9H12O4S.C7H7Cl.C5H10O2S.C2H7NO3S.CH4.Cl2OS.H3N.Na/c4*1-14(11,12)8-7-13-9-10-5-3-2-4-6-10;2*10-14(11,12)7-6-13-8-9-4-2-1-3-5-9;8-6-7-4-2-1-3-5-7;1-8(6)4-2-7-3-5-8;3-7(5,6)2-1-4;;1-4(2)3;;/h4*2-6H,7-9H2,1H3;2*1-5H,6-8H2,(H,10,11,12);1-5H,6H2;1-5H2;4H,1-2H2,(H2,3,5,6);1H4;;1H3;/q;;;;;;;;;;;;+1/p-2. The number of nitrogens with two attached hydrogens (primary N) is 1. The van der Waals surface area contributed by atoms with E-state index in [1.807, 2.05) is 212 Å². The quantitative estimate of drug-likeness (QED) is 0.0110. The van der Waals surface area contributed by atoms with E-state index in [4.69, 9.17) is 54.1 Å². The minimum absolute atomic E-state index is 0. The summed E-state index contributed by atoms with van der Waals surface area (Å²) in [5.41, 5.74) is 7.31. The summed E-state index contributed by atoms with van der Waals surface area (Å²) >= 11 is 5.53. The van der Waals surface area contributed by atoms with Gasteiger partial charge in [-0.3, -0.25) is 4.21 Å². The molecule has 0 amide bonds. The van der Waals surface area contributed by atoms with Gasteiger partial charge in [0.25, 0.3) is 0 Å². The third-order valence-electron chi connectivity index (χ3n) is 12.6. The smallest absolute Gasteiger partial charge is 0.748 e. The zero-order valence-corrected chi connectivity index (χ0v) is 75.5. The molecule has 0 bridgehead atoms. The summed E-state index contributed by atoms with van der Waals surface area (Å²) < 4.78 is 223. The van der Waals surface area contributed by atoms with E-state index < -0.39 is 106 Å². The Morgan fingerprint density at radius 1 is 0.404 bits per heavy atom. The fraction of sp³-hybridized carbons (Fsp3) is 0.411. The molecule has 1 aliphatic rings. The molecule has 1 saturated heterocycles. The first-order chi connectivity index (χ1) is 51.9. The molecule has 1 fully saturated rings. The molecular weight excluding hydrogens is 1740 g/mol. The third-order valence-corrected chi connectivity index (χ3v) is 20.4. The second-order valence-corrected chi connectivity index (χ2v) is 42.5. The molecule has 1 aliphatic heterocycles. The van der Waals surface area contributed by atoms with Gasteiger partial charge >= 0.3 is 29.6 Å².